The maximum atomic E-state index is 13.2. The summed E-state index contributed by atoms with van der Waals surface area (Å²) in [5.74, 6) is -0.342. The molecule has 0 spiro atoms. The predicted octanol–water partition coefficient (Wildman–Crippen LogP) is 4.10. The van der Waals surface area contributed by atoms with Crippen molar-refractivity contribution < 1.29 is 9.18 Å². The molecule has 2 aromatic rings. The second-order valence-corrected chi connectivity index (χ2v) is 7.80. The van der Waals surface area contributed by atoms with E-state index in [1.807, 2.05) is 18.0 Å². The van der Waals surface area contributed by atoms with Crippen molar-refractivity contribution in [1.82, 2.24) is 4.90 Å². The van der Waals surface area contributed by atoms with Crippen molar-refractivity contribution in [3.8, 4) is 6.07 Å². The molecule has 1 heterocycles. The summed E-state index contributed by atoms with van der Waals surface area (Å²) in [4.78, 5) is 15.5. The zero-order valence-corrected chi connectivity index (χ0v) is 15.7. The van der Waals surface area contributed by atoms with Crippen molar-refractivity contribution in [3.05, 3.63) is 51.7 Å². The average molecular weight is 371 g/mol. The van der Waals surface area contributed by atoms with E-state index in [4.69, 9.17) is 0 Å². The first-order valence-corrected chi connectivity index (χ1v) is 9.66. The lowest BCUT2D eigenvalue weighted by atomic mass is 9.96. The Morgan fingerprint density at radius 2 is 2.19 bits per heavy atom. The van der Waals surface area contributed by atoms with Gasteiger partial charge in [-0.1, -0.05) is 12.1 Å². The molecule has 0 unspecified atom stereocenters. The van der Waals surface area contributed by atoms with Crippen molar-refractivity contribution in [1.29, 1.82) is 5.26 Å². The Morgan fingerprint density at radius 1 is 1.38 bits per heavy atom. The molecule has 0 radical (unpaired) electrons. The van der Waals surface area contributed by atoms with Crippen molar-refractivity contribution >= 4 is 22.2 Å². The van der Waals surface area contributed by atoms with Gasteiger partial charge in [-0.05, 0) is 56.0 Å². The third kappa shape index (κ3) is 4.48. The summed E-state index contributed by atoms with van der Waals surface area (Å²) >= 11 is 1.54. The number of carbonyl (C=O) groups excluding carboxylic acids is 1. The molecule has 1 aromatic carbocycles. The van der Waals surface area contributed by atoms with Crippen LogP contribution in [0.2, 0.25) is 0 Å². The van der Waals surface area contributed by atoms with Crippen LogP contribution in [0.15, 0.2) is 24.3 Å². The van der Waals surface area contributed by atoms with E-state index in [0.29, 0.717) is 30.1 Å². The SMILES string of the molecule is CN(CCC(=O)Nc1sc2c(c1C#N)CCCC2)Cc1cccc(F)c1. The monoisotopic (exact) mass is 371 g/mol. The molecule has 6 heteroatoms. The first kappa shape index (κ1) is 18.6. The van der Waals surface area contributed by atoms with Crippen LogP contribution >= 0.6 is 11.3 Å². The van der Waals surface area contributed by atoms with Crippen molar-refractivity contribution in [3.63, 3.8) is 0 Å². The zero-order chi connectivity index (χ0) is 18.5. The topological polar surface area (TPSA) is 56.1 Å². The van der Waals surface area contributed by atoms with Gasteiger partial charge in [0, 0.05) is 24.4 Å². The third-order valence-electron chi connectivity index (χ3n) is 4.60. The number of nitriles is 1. The highest BCUT2D eigenvalue weighted by molar-refractivity contribution is 7.16. The van der Waals surface area contributed by atoms with Gasteiger partial charge in [0.05, 0.1) is 5.56 Å². The standard InChI is InChI=1S/C20H22FN3OS/c1-24(13-14-5-4-6-15(21)11-14)10-9-19(25)23-20-17(12-22)16-7-2-3-8-18(16)26-20/h4-6,11H,2-3,7-10,13H2,1H3,(H,23,25). The van der Waals surface area contributed by atoms with Gasteiger partial charge in [0.15, 0.2) is 0 Å². The summed E-state index contributed by atoms with van der Waals surface area (Å²) in [6.45, 7) is 1.15. The number of carbonyl (C=O) groups is 1. The maximum Gasteiger partial charge on any atom is 0.226 e. The molecule has 1 aromatic heterocycles. The molecule has 26 heavy (non-hydrogen) atoms. The average Bonchev–Trinajstić information content (AvgIpc) is 2.97. The first-order valence-electron chi connectivity index (χ1n) is 8.84. The van der Waals surface area contributed by atoms with Crippen molar-refractivity contribution in [2.24, 2.45) is 0 Å². The summed E-state index contributed by atoms with van der Waals surface area (Å²) in [5.41, 5.74) is 2.65. The molecule has 0 aliphatic heterocycles. The van der Waals surface area contributed by atoms with E-state index in [-0.39, 0.29) is 11.7 Å². The fraction of sp³-hybridized carbons (Fsp3) is 0.400. The Morgan fingerprint density at radius 3 is 2.96 bits per heavy atom. The minimum absolute atomic E-state index is 0.0915. The molecule has 0 bridgehead atoms. The molecular formula is C20H22FN3OS. The van der Waals surface area contributed by atoms with Crippen LogP contribution in [0.3, 0.4) is 0 Å². The number of aryl methyl sites for hydroxylation is 1. The summed E-state index contributed by atoms with van der Waals surface area (Å²) in [5, 5.41) is 13.1. The van der Waals surface area contributed by atoms with Crippen LogP contribution in [0, 0.1) is 17.1 Å². The van der Waals surface area contributed by atoms with E-state index in [9.17, 15) is 14.4 Å². The first-order chi connectivity index (χ1) is 12.6. The number of anilines is 1. The Labute approximate surface area is 157 Å². The van der Waals surface area contributed by atoms with Crippen LogP contribution in [-0.2, 0) is 24.2 Å². The van der Waals surface area contributed by atoms with Crippen LogP contribution in [0.4, 0.5) is 9.39 Å². The van der Waals surface area contributed by atoms with Crippen molar-refractivity contribution in [2.75, 3.05) is 18.9 Å². The number of fused-ring (bicyclic) bond motifs is 1. The molecular weight excluding hydrogens is 349 g/mol. The highest BCUT2D eigenvalue weighted by Gasteiger charge is 2.21. The molecule has 0 saturated carbocycles. The van der Waals surface area contributed by atoms with Gasteiger partial charge in [0.2, 0.25) is 5.91 Å². The lowest BCUT2D eigenvalue weighted by Gasteiger charge is -2.16. The minimum Gasteiger partial charge on any atom is -0.317 e. The van der Waals surface area contributed by atoms with Gasteiger partial charge in [-0.15, -0.1) is 11.3 Å². The number of benzene rings is 1. The van der Waals surface area contributed by atoms with E-state index >= 15 is 0 Å². The van der Waals surface area contributed by atoms with Gasteiger partial charge in [-0.2, -0.15) is 5.26 Å². The molecule has 0 atom stereocenters. The number of rotatable bonds is 6. The number of hydrogen-bond donors (Lipinski definition) is 1. The molecule has 1 aliphatic carbocycles. The number of nitrogens with zero attached hydrogens (tertiary/aromatic N) is 2. The highest BCUT2D eigenvalue weighted by Crippen LogP contribution is 2.37. The second-order valence-electron chi connectivity index (χ2n) is 6.69. The van der Waals surface area contributed by atoms with Crippen LogP contribution in [0.5, 0.6) is 0 Å². The van der Waals surface area contributed by atoms with Gasteiger partial charge in [-0.3, -0.25) is 4.79 Å². The van der Waals surface area contributed by atoms with E-state index < -0.39 is 0 Å². The summed E-state index contributed by atoms with van der Waals surface area (Å²) in [6, 6.07) is 8.75. The Balaban J connectivity index is 1.54. The highest BCUT2D eigenvalue weighted by atomic mass is 32.1. The third-order valence-corrected chi connectivity index (χ3v) is 5.81. The molecule has 1 amide bonds. The largest absolute Gasteiger partial charge is 0.317 e. The molecule has 3 rings (SSSR count). The fourth-order valence-electron chi connectivity index (χ4n) is 3.28. The van der Waals surface area contributed by atoms with E-state index in [1.165, 1.54) is 17.0 Å². The second kappa shape index (κ2) is 8.43. The summed E-state index contributed by atoms with van der Waals surface area (Å²) in [6.07, 6.45) is 4.52. The Kier molecular flexibility index (Phi) is 6.02. The maximum absolute atomic E-state index is 13.2. The van der Waals surface area contributed by atoms with Crippen LogP contribution < -0.4 is 5.32 Å². The minimum atomic E-state index is -0.251. The Bertz CT molecular complexity index is 840. The summed E-state index contributed by atoms with van der Waals surface area (Å²) < 4.78 is 13.2. The normalized spacial score (nSPS) is 13.3. The van der Waals surface area contributed by atoms with Gasteiger partial charge in [-0.25, -0.2) is 4.39 Å². The Hall–Kier alpha value is -2.23. The van der Waals surface area contributed by atoms with Gasteiger partial charge < -0.3 is 10.2 Å². The zero-order valence-electron chi connectivity index (χ0n) is 14.8. The number of amides is 1. The quantitative estimate of drug-likeness (QED) is 0.832. The lowest BCUT2D eigenvalue weighted by molar-refractivity contribution is -0.116. The van der Waals surface area contributed by atoms with Crippen LogP contribution in [0.1, 0.15) is 40.8 Å². The van der Waals surface area contributed by atoms with E-state index in [2.05, 4.69) is 11.4 Å². The van der Waals surface area contributed by atoms with Crippen LogP contribution in [0.25, 0.3) is 0 Å². The number of nitrogens with one attached hydrogen (secondary N) is 1. The van der Waals surface area contributed by atoms with Gasteiger partial charge in [0.25, 0.3) is 0 Å². The van der Waals surface area contributed by atoms with Gasteiger partial charge in [0.1, 0.15) is 16.9 Å². The molecule has 4 nitrogen and oxygen atoms in total. The summed E-state index contributed by atoms with van der Waals surface area (Å²) in [7, 11) is 1.91. The molecule has 0 fully saturated rings. The predicted molar refractivity (Wildman–Crippen MR) is 102 cm³/mol. The lowest BCUT2D eigenvalue weighted by Crippen LogP contribution is -2.24. The number of thiophene rings is 1. The molecule has 1 N–H and O–H groups in total. The van der Waals surface area contributed by atoms with Gasteiger partial charge >= 0.3 is 0 Å². The fourth-order valence-corrected chi connectivity index (χ4v) is 4.54. The number of halogens is 1. The number of hydrogen-bond acceptors (Lipinski definition) is 4. The smallest absolute Gasteiger partial charge is 0.226 e. The van der Waals surface area contributed by atoms with Crippen LogP contribution in [-0.4, -0.2) is 24.4 Å². The molecule has 136 valence electrons. The molecule has 1 aliphatic rings. The molecule has 0 saturated heterocycles. The van der Waals surface area contributed by atoms with E-state index in [0.717, 1.165) is 36.8 Å². The van der Waals surface area contributed by atoms with E-state index in [1.54, 1.807) is 17.4 Å². The van der Waals surface area contributed by atoms with Crippen molar-refractivity contribution in [2.45, 2.75) is 38.6 Å².